The zero-order chi connectivity index (χ0) is 31.1. The molecule has 0 radical (unpaired) electrons. The standard InChI is InChI=1S/C35H55NO6/c1-30(2)16-18-35(29(42)36-23(28(40)41)9-11-27(38)39)19-17-33(6)21(22(35)20-30)8-10-25-32(5)14-13-26(37)31(3,4)24(32)12-15-34(25,33)7/h8,22-26,37H,9-20H2,1-7H3,(H,36,42)(H,38,39)(H,40,41)/t22-,23-,24-,25+,26-,32-,33+,34+,35-/m0/s1. The third-order valence-corrected chi connectivity index (χ3v) is 14.3. The van der Waals surface area contributed by atoms with Crippen LogP contribution in [0.1, 0.15) is 126 Å². The van der Waals surface area contributed by atoms with Crippen molar-refractivity contribution in [1.29, 1.82) is 0 Å². The molecular weight excluding hydrogens is 530 g/mol. The number of nitrogens with one attached hydrogen (secondary N) is 1. The number of carbonyl (C=O) groups excluding carboxylic acids is 1. The minimum absolute atomic E-state index is 0.0434. The number of hydrogen-bond donors (Lipinski definition) is 4. The van der Waals surface area contributed by atoms with Gasteiger partial charge in [0.1, 0.15) is 6.04 Å². The zero-order valence-electron chi connectivity index (χ0n) is 27.0. The molecule has 9 atom stereocenters. The van der Waals surface area contributed by atoms with E-state index in [9.17, 15) is 24.6 Å². The molecule has 0 bridgehead atoms. The number of aliphatic hydroxyl groups excluding tert-OH is 1. The fraction of sp³-hybridized carbons (Fsp3) is 0.857. The van der Waals surface area contributed by atoms with E-state index in [0.29, 0.717) is 11.8 Å². The molecule has 0 saturated heterocycles. The lowest BCUT2D eigenvalue weighted by Crippen LogP contribution is -2.65. The molecule has 4 fully saturated rings. The summed E-state index contributed by atoms with van der Waals surface area (Å²) in [4.78, 5) is 37.5. The Morgan fingerprint density at radius 2 is 1.57 bits per heavy atom. The number of hydrogen-bond acceptors (Lipinski definition) is 4. The fourth-order valence-electron chi connectivity index (χ4n) is 11.5. The monoisotopic (exact) mass is 585 g/mol. The predicted molar refractivity (Wildman–Crippen MR) is 161 cm³/mol. The lowest BCUT2D eigenvalue weighted by Gasteiger charge is -2.71. The number of amides is 1. The van der Waals surface area contributed by atoms with Gasteiger partial charge in [-0.2, -0.15) is 0 Å². The number of allylic oxidation sites excluding steroid dienone is 2. The van der Waals surface area contributed by atoms with Crippen molar-refractivity contribution in [2.45, 2.75) is 138 Å². The highest BCUT2D eigenvalue weighted by molar-refractivity contribution is 5.88. The molecular formula is C35H55NO6. The van der Waals surface area contributed by atoms with Gasteiger partial charge in [-0.25, -0.2) is 4.79 Å². The van der Waals surface area contributed by atoms with Gasteiger partial charge in [-0.05, 0) is 115 Å². The van der Waals surface area contributed by atoms with Gasteiger partial charge >= 0.3 is 11.9 Å². The van der Waals surface area contributed by atoms with Crippen molar-refractivity contribution in [2.75, 3.05) is 0 Å². The number of rotatable bonds is 6. The average Bonchev–Trinajstić information content (AvgIpc) is 2.88. The first kappa shape index (κ1) is 31.5. The summed E-state index contributed by atoms with van der Waals surface area (Å²) in [5, 5.41) is 32.8. The molecule has 0 aliphatic heterocycles. The smallest absolute Gasteiger partial charge is 0.326 e. The van der Waals surface area contributed by atoms with Crippen LogP contribution >= 0.6 is 0 Å². The summed E-state index contributed by atoms with van der Waals surface area (Å²) in [7, 11) is 0. The van der Waals surface area contributed by atoms with Crippen LogP contribution in [0.5, 0.6) is 0 Å². The van der Waals surface area contributed by atoms with Gasteiger partial charge in [-0.3, -0.25) is 9.59 Å². The second-order valence-corrected chi connectivity index (χ2v) is 17.0. The highest BCUT2D eigenvalue weighted by atomic mass is 16.4. The first-order chi connectivity index (χ1) is 19.3. The molecule has 0 aromatic carbocycles. The highest BCUT2D eigenvalue weighted by Crippen LogP contribution is 2.75. The Morgan fingerprint density at radius 1 is 0.905 bits per heavy atom. The van der Waals surface area contributed by atoms with Gasteiger partial charge in [-0.15, -0.1) is 0 Å². The van der Waals surface area contributed by atoms with E-state index in [1.807, 2.05) is 0 Å². The molecule has 0 aromatic heterocycles. The van der Waals surface area contributed by atoms with Gasteiger partial charge in [0.15, 0.2) is 0 Å². The Kier molecular flexibility index (Phi) is 7.56. The lowest BCUT2D eigenvalue weighted by molar-refractivity contribution is -0.203. The number of aliphatic hydroxyl groups is 1. The van der Waals surface area contributed by atoms with Crippen LogP contribution in [0.25, 0.3) is 0 Å². The lowest BCUT2D eigenvalue weighted by atomic mass is 9.33. The summed E-state index contributed by atoms with van der Waals surface area (Å²) in [6.45, 7) is 16.6. The van der Waals surface area contributed by atoms with Crippen molar-refractivity contribution >= 4 is 17.8 Å². The number of carbonyl (C=O) groups is 3. The molecule has 5 aliphatic carbocycles. The molecule has 4 N–H and O–H groups in total. The van der Waals surface area contributed by atoms with Crippen molar-refractivity contribution < 1.29 is 29.7 Å². The summed E-state index contributed by atoms with van der Waals surface area (Å²) >= 11 is 0. The van der Waals surface area contributed by atoms with E-state index in [1.165, 1.54) is 5.57 Å². The normalized spacial score (nSPS) is 44.2. The topological polar surface area (TPSA) is 124 Å². The molecule has 0 spiro atoms. The van der Waals surface area contributed by atoms with Gasteiger partial charge < -0.3 is 20.6 Å². The summed E-state index contributed by atoms with van der Waals surface area (Å²) in [6.07, 6.45) is 11.1. The van der Waals surface area contributed by atoms with E-state index in [2.05, 4.69) is 59.9 Å². The number of carboxylic acid groups (broad SMARTS) is 2. The molecule has 0 aromatic rings. The van der Waals surface area contributed by atoms with Crippen molar-refractivity contribution in [3.05, 3.63) is 11.6 Å². The summed E-state index contributed by atoms with van der Waals surface area (Å²) in [5.41, 5.74) is 0.903. The number of fused-ring (bicyclic) bond motifs is 7. The van der Waals surface area contributed by atoms with Crippen LogP contribution in [-0.4, -0.2) is 45.3 Å². The molecule has 7 heteroatoms. The second-order valence-electron chi connectivity index (χ2n) is 17.0. The van der Waals surface area contributed by atoms with Crippen LogP contribution in [0.2, 0.25) is 0 Å². The largest absolute Gasteiger partial charge is 0.481 e. The van der Waals surface area contributed by atoms with Crippen LogP contribution in [-0.2, 0) is 14.4 Å². The number of carboxylic acids is 2. The fourth-order valence-corrected chi connectivity index (χ4v) is 11.5. The van der Waals surface area contributed by atoms with E-state index in [4.69, 9.17) is 5.11 Å². The number of aliphatic carboxylic acids is 2. The maximum Gasteiger partial charge on any atom is 0.326 e. The third-order valence-electron chi connectivity index (χ3n) is 14.3. The Hall–Kier alpha value is -1.89. The first-order valence-corrected chi connectivity index (χ1v) is 16.5. The maximum absolute atomic E-state index is 14.2. The van der Waals surface area contributed by atoms with Crippen LogP contribution in [0, 0.1) is 50.2 Å². The molecule has 5 aliphatic rings. The zero-order valence-corrected chi connectivity index (χ0v) is 27.0. The quantitative estimate of drug-likeness (QED) is 0.261. The summed E-state index contributed by atoms with van der Waals surface area (Å²) in [5.74, 6) is -1.40. The van der Waals surface area contributed by atoms with Crippen molar-refractivity contribution in [2.24, 2.45) is 50.2 Å². The van der Waals surface area contributed by atoms with Gasteiger partial charge in [0.05, 0.1) is 11.5 Å². The summed E-state index contributed by atoms with van der Waals surface area (Å²) < 4.78 is 0. The molecule has 4 saturated carbocycles. The van der Waals surface area contributed by atoms with Crippen LogP contribution in [0.4, 0.5) is 0 Å². The molecule has 7 nitrogen and oxygen atoms in total. The highest BCUT2D eigenvalue weighted by Gasteiger charge is 2.69. The Labute approximate surface area is 252 Å². The molecule has 1 amide bonds. The van der Waals surface area contributed by atoms with Gasteiger partial charge in [0, 0.05) is 6.42 Å². The summed E-state index contributed by atoms with van der Waals surface area (Å²) in [6, 6.07) is -1.20. The van der Waals surface area contributed by atoms with Crippen LogP contribution < -0.4 is 5.32 Å². The van der Waals surface area contributed by atoms with E-state index >= 15 is 0 Å². The second kappa shape index (κ2) is 10.1. The Morgan fingerprint density at radius 3 is 2.21 bits per heavy atom. The van der Waals surface area contributed by atoms with E-state index in [1.54, 1.807) is 0 Å². The van der Waals surface area contributed by atoms with Crippen molar-refractivity contribution in [1.82, 2.24) is 5.32 Å². The average molecular weight is 586 g/mol. The van der Waals surface area contributed by atoms with Crippen LogP contribution in [0.15, 0.2) is 11.6 Å². The molecule has 42 heavy (non-hydrogen) atoms. The SMILES string of the molecule is CC1(C)CC[C@]2(C(=O)N[C@@H](CCC(=O)O)C(=O)O)CC[C@]3(C)C(=CC[C@@H]4[C@@]5(C)CC[C@H](O)C(C)(C)[C@@H]5CC[C@]43C)[C@@H]2C1. The van der Waals surface area contributed by atoms with Crippen molar-refractivity contribution in [3.8, 4) is 0 Å². The molecule has 5 rings (SSSR count). The Balaban J connectivity index is 1.52. The predicted octanol–water partition coefficient (Wildman–Crippen LogP) is 6.58. The Bertz CT molecular complexity index is 1170. The van der Waals surface area contributed by atoms with Gasteiger partial charge in [0.2, 0.25) is 5.91 Å². The maximum atomic E-state index is 14.2. The van der Waals surface area contributed by atoms with Gasteiger partial charge in [-0.1, -0.05) is 60.1 Å². The van der Waals surface area contributed by atoms with Crippen molar-refractivity contribution in [3.63, 3.8) is 0 Å². The van der Waals surface area contributed by atoms with Crippen LogP contribution in [0.3, 0.4) is 0 Å². The minimum atomic E-state index is -1.20. The van der Waals surface area contributed by atoms with E-state index in [0.717, 1.165) is 64.2 Å². The molecule has 0 heterocycles. The molecule has 236 valence electrons. The van der Waals surface area contributed by atoms with Gasteiger partial charge in [0.25, 0.3) is 0 Å². The minimum Gasteiger partial charge on any atom is -0.481 e. The molecule has 0 unspecified atom stereocenters. The van der Waals surface area contributed by atoms with E-state index in [-0.39, 0.29) is 57.8 Å². The first-order valence-electron chi connectivity index (χ1n) is 16.5. The van der Waals surface area contributed by atoms with E-state index < -0.39 is 23.4 Å². The third kappa shape index (κ3) is 4.49.